The maximum atomic E-state index is 3.74. The third-order valence-electron chi connectivity index (χ3n) is 4.87. The maximum absolute atomic E-state index is 3.74. The highest BCUT2D eigenvalue weighted by molar-refractivity contribution is 6.09. The second-order valence-corrected chi connectivity index (χ2v) is 6.91. The summed E-state index contributed by atoms with van der Waals surface area (Å²) in [5, 5.41) is 2.64. The zero-order chi connectivity index (χ0) is 18.1. The third kappa shape index (κ3) is 2.86. The molecule has 4 rings (SSSR count). The first-order valence-corrected chi connectivity index (χ1v) is 9.05. The van der Waals surface area contributed by atoms with Gasteiger partial charge in [0.1, 0.15) is 0 Å². The van der Waals surface area contributed by atoms with E-state index in [4.69, 9.17) is 0 Å². The molecule has 1 aromatic heterocycles. The topological polar surface area (TPSA) is 4.93 Å². The number of benzene rings is 3. The highest BCUT2D eigenvalue weighted by Gasteiger charge is 2.12. The molecule has 0 bridgehead atoms. The second kappa shape index (κ2) is 6.68. The Morgan fingerprint density at radius 1 is 0.846 bits per heavy atom. The molecule has 0 aliphatic carbocycles. The van der Waals surface area contributed by atoms with Gasteiger partial charge in [0.15, 0.2) is 0 Å². The quantitative estimate of drug-likeness (QED) is 0.366. The van der Waals surface area contributed by atoms with Gasteiger partial charge >= 0.3 is 0 Å². The Balaban J connectivity index is 1.97. The average molecular weight is 337 g/mol. The van der Waals surface area contributed by atoms with E-state index in [9.17, 15) is 0 Å². The Morgan fingerprint density at radius 3 is 2.12 bits per heavy atom. The van der Waals surface area contributed by atoms with Gasteiger partial charge < -0.3 is 4.57 Å². The van der Waals surface area contributed by atoms with Crippen LogP contribution in [0.25, 0.3) is 27.5 Å². The summed E-state index contributed by atoms with van der Waals surface area (Å²) in [5.74, 6) is 0. The monoisotopic (exact) mass is 337 g/mol. The van der Waals surface area contributed by atoms with E-state index in [1.165, 1.54) is 44.2 Å². The van der Waals surface area contributed by atoms with Gasteiger partial charge in [-0.2, -0.15) is 0 Å². The zero-order valence-electron chi connectivity index (χ0n) is 15.4. The van der Waals surface area contributed by atoms with Gasteiger partial charge in [-0.15, -0.1) is 0 Å². The molecule has 3 aromatic carbocycles. The van der Waals surface area contributed by atoms with Gasteiger partial charge in [0.25, 0.3) is 0 Å². The molecular formula is C25H23N. The number of rotatable bonds is 4. The van der Waals surface area contributed by atoms with E-state index in [1.54, 1.807) is 0 Å². The van der Waals surface area contributed by atoms with E-state index < -0.39 is 0 Å². The largest absolute Gasteiger partial charge is 0.309 e. The first kappa shape index (κ1) is 16.4. The summed E-state index contributed by atoms with van der Waals surface area (Å²) in [6.45, 7) is 8.06. The third-order valence-corrected chi connectivity index (χ3v) is 4.87. The molecule has 1 heterocycles. The number of hydrogen-bond acceptors (Lipinski definition) is 0. The lowest BCUT2D eigenvalue weighted by molar-refractivity contribution is 1.15. The van der Waals surface area contributed by atoms with E-state index >= 15 is 0 Å². The van der Waals surface area contributed by atoms with Crippen LogP contribution < -0.4 is 0 Å². The van der Waals surface area contributed by atoms with Crippen LogP contribution in [-0.4, -0.2) is 4.57 Å². The maximum Gasteiger partial charge on any atom is 0.0541 e. The standard InChI is InChI=1S/C25H23N/c1-4-5-6-8-20-9-7-10-21(17-20)26-24-13-11-18(2)15-22(24)23-16-19(3)12-14-25(23)26/h4-7,9-17H,1,8H2,2-3H3. The molecule has 1 heteroatoms. The number of hydrogen-bond donors (Lipinski definition) is 0. The lowest BCUT2D eigenvalue weighted by atomic mass is 10.1. The van der Waals surface area contributed by atoms with E-state index in [-0.39, 0.29) is 0 Å². The van der Waals surface area contributed by atoms with E-state index in [2.05, 4.69) is 91.7 Å². The summed E-state index contributed by atoms with van der Waals surface area (Å²) < 4.78 is 2.38. The molecule has 0 aliphatic heterocycles. The highest BCUT2D eigenvalue weighted by Crippen LogP contribution is 2.33. The van der Waals surface area contributed by atoms with Crippen molar-refractivity contribution in [2.75, 3.05) is 0 Å². The molecule has 0 fully saturated rings. The van der Waals surface area contributed by atoms with Crippen LogP contribution in [0.15, 0.2) is 85.5 Å². The lowest BCUT2D eigenvalue weighted by Gasteiger charge is -2.09. The predicted molar refractivity (Wildman–Crippen MR) is 113 cm³/mol. The van der Waals surface area contributed by atoms with Crippen LogP contribution in [0, 0.1) is 13.8 Å². The lowest BCUT2D eigenvalue weighted by Crippen LogP contribution is -1.95. The second-order valence-electron chi connectivity index (χ2n) is 6.91. The van der Waals surface area contributed by atoms with Crippen molar-refractivity contribution in [3.8, 4) is 5.69 Å². The van der Waals surface area contributed by atoms with Crippen LogP contribution in [-0.2, 0) is 6.42 Å². The molecule has 0 amide bonds. The summed E-state index contributed by atoms with van der Waals surface area (Å²) in [5.41, 5.74) is 7.62. The Kier molecular flexibility index (Phi) is 4.22. The van der Waals surface area contributed by atoms with Crippen molar-refractivity contribution in [2.24, 2.45) is 0 Å². The molecule has 0 spiro atoms. The molecule has 26 heavy (non-hydrogen) atoms. The summed E-state index contributed by atoms with van der Waals surface area (Å²) in [4.78, 5) is 0. The Hall–Kier alpha value is -3.06. The molecule has 4 aromatic rings. The molecule has 0 unspecified atom stereocenters. The number of fused-ring (bicyclic) bond motifs is 3. The number of nitrogens with zero attached hydrogens (tertiary/aromatic N) is 1. The molecule has 0 atom stereocenters. The van der Waals surface area contributed by atoms with Crippen molar-refractivity contribution >= 4 is 21.8 Å². The van der Waals surface area contributed by atoms with Crippen molar-refractivity contribution in [3.05, 3.63) is 102 Å². The van der Waals surface area contributed by atoms with Gasteiger partial charge in [-0.1, -0.05) is 60.2 Å². The summed E-state index contributed by atoms with van der Waals surface area (Å²) in [7, 11) is 0. The smallest absolute Gasteiger partial charge is 0.0541 e. The van der Waals surface area contributed by atoms with E-state index in [0.29, 0.717) is 0 Å². The molecule has 128 valence electrons. The fraction of sp³-hybridized carbons (Fsp3) is 0.120. The van der Waals surface area contributed by atoms with Crippen LogP contribution in [0.2, 0.25) is 0 Å². The van der Waals surface area contributed by atoms with Crippen molar-refractivity contribution in [1.82, 2.24) is 4.57 Å². The van der Waals surface area contributed by atoms with Crippen LogP contribution in [0.4, 0.5) is 0 Å². The Morgan fingerprint density at radius 2 is 1.50 bits per heavy atom. The minimum Gasteiger partial charge on any atom is -0.309 e. The first-order chi connectivity index (χ1) is 12.7. The van der Waals surface area contributed by atoms with Gasteiger partial charge in [-0.25, -0.2) is 0 Å². The first-order valence-electron chi connectivity index (χ1n) is 9.05. The summed E-state index contributed by atoms with van der Waals surface area (Å²) in [6.07, 6.45) is 6.88. The van der Waals surface area contributed by atoms with Crippen LogP contribution in [0.1, 0.15) is 16.7 Å². The van der Waals surface area contributed by atoms with E-state index in [1.807, 2.05) is 12.2 Å². The van der Waals surface area contributed by atoms with Gasteiger partial charge in [0.05, 0.1) is 11.0 Å². The van der Waals surface area contributed by atoms with E-state index in [0.717, 1.165) is 6.42 Å². The van der Waals surface area contributed by atoms with Crippen LogP contribution in [0.5, 0.6) is 0 Å². The van der Waals surface area contributed by atoms with Crippen molar-refractivity contribution in [1.29, 1.82) is 0 Å². The van der Waals surface area contributed by atoms with Crippen LogP contribution >= 0.6 is 0 Å². The van der Waals surface area contributed by atoms with Crippen molar-refractivity contribution < 1.29 is 0 Å². The predicted octanol–water partition coefficient (Wildman–Crippen LogP) is 6.69. The SMILES string of the molecule is C=CC=CCc1cccc(-n2c3ccc(C)cc3c3cc(C)ccc32)c1. The number of allylic oxidation sites excluding steroid dienone is 3. The molecular weight excluding hydrogens is 314 g/mol. The summed E-state index contributed by atoms with van der Waals surface area (Å²) in [6, 6.07) is 22.3. The molecule has 0 aliphatic rings. The molecule has 1 nitrogen and oxygen atoms in total. The fourth-order valence-corrected chi connectivity index (χ4v) is 3.65. The minimum absolute atomic E-state index is 0.912. The Labute approximate surface area is 154 Å². The fourth-order valence-electron chi connectivity index (χ4n) is 3.65. The highest BCUT2D eigenvalue weighted by atomic mass is 15.0. The molecule has 0 saturated heterocycles. The van der Waals surface area contributed by atoms with Gasteiger partial charge in [-0.3, -0.25) is 0 Å². The number of aryl methyl sites for hydroxylation is 2. The van der Waals surface area contributed by atoms with Crippen LogP contribution in [0.3, 0.4) is 0 Å². The van der Waals surface area contributed by atoms with Crippen molar-refractivity contribution in [2.45, 2.75) is 20.3 Å². The average Bonchev–Trinajstić information content (AvgIpc) is 2.95. The van der Waals surface area contributed by atoms with Gasteiger partial charge in [0, 0.05) is 16.5 Å². The summed E-state index contributed by atoms with van der Waals surface area (Å²) >= 11 is 0. The Bertz CT molecular complexity index is 1080. The van der Waals surface area contributed by atoms with Crippen molar-refractivity contribution in [3.63, 3.8) is 0 Å². The molecule has 0 saturated carbocycles. The molecule has 0 radical (unpaired) electrons. The van der Waals surface area contributed by atoms with Gasteiger partial charge in [-0.05, 0) is 62.2 Å². The number of aromatic nitrogens is 1. The minimum atomic E-state index is 0.912. The zero-order valence-corrected chi connectivity index (χ0v) is 15.4. The molecule has 0 N–H and O–H groups in total. The van der Waals surface area contributed by atoms with Gasteiger partial charge in [0.2, 0.25) is 0 Å². The normalized spacial score (nSPS) is 11.6.